The van der Waals surface area contributed by atoms with Gasteiger partial charge >= 0.3 is 11.7 Å². The van der Waals surface area contributed by atoms with Crippen LogP contribution < -0.4 is 15.2 Å². The smallest absolute Gasteiger partial charge is 0.378 e. The molecular weight excluding hydrogens is 292 g/mol. The predicted molar refractivity (Wildman–Crippen MR) is 73.2 cm³/mol. The van der Waals surface area contributed by atoms with E-state index in [2.05, 4.69) is 15.1 Å². The Hall–Kier alpha value is -3.10. The average molecular weight is 302 g/mol. The summed E-state index contributed by atoms with van der Waals surface area (Å²) >= 11 is 0. The third kappa shape index (κ3) is 1.72. The number of H-pyrrole nitrogens is 1. The number of nitrogens with zero attached hydrogens (tertiary/aromatic N) is 3. The van der Waals surface area contributed by atoms with Crippen LogP contribution in [0.2, 0.25) is 0 Å². The van der Waals surface area contributed by atoms with Crippen molar-refractivity contribution in [3.05, 3.63) is 28.4 Å². The third-order valence-electron chi connectivity index (χ3n) is 3.25. The van der Waals surface area contributed by atoms with Crippen LogP contribution in [0.4, 0.5) is 0 Å². The number of rotatable bonds is 2. The molecule has 0 unspecified atom stereocenters. The maximum Gasteiger partial charge on any atom is 0.378 e. The molecule has 0 fully saturated rings. The van der Waals surface area contributed by atoms with Crippen molar-refractivity contribution >= 4 is 22.5 Å². The number of carbonyl (C=O) groups is 1. The van der Waals surface area contributed by atoms with Gasteiger partial charge in [-0.15, -0.1) is 5.10 Å². The van der Waals surface area contributed by atoms with Gasteiger partial charge in [0.1, 0.15) is 0 Å². The largest absolute Gasteiger partial charge is 0.460 e. The van der Waals surface area contributed by atoms with E-state index in [1.165, 1.54) is 0 Å². The minimum absolute atomic E-state index is 0.118. The highest BCUT2D eigenvalue weighted by Gasteiger charge is 2.20. The van der Waals surface area contributed by atoms with Gasteiger partial charge in [0, 0.05) is 11.5 Å². The Bertz CT molecular complexity index is 974. The van der Waals surface area contributed by atoms with Crippen LogP contribution in [-0.4, -0.2) is 39.0 Å². The Labute approximate surface area is 122 Å². The molecule has 0 saturated heterocycles. The number of fused-ring (bicyclic) bond motifs is 4. The lowest BCUT2D eigenvalue weighted by molar-refractivity contribution is 0.0512. The molecule has 2 aromatic heterocycles. The van der Waals surface area contributed by atoms with Gasteiger partial charge in [-0.1, -0.05) is 0 Å². The zero-order chi connectivity index (χ0) is 15.3. The summed E-state index contributed by atoms with van der Waals surface area (Å²) in [5.41, 5.74) is 0.258. The Balaban J connectivity index is 2.01. The molecule has 3 aromatic rings. The van der Waals surface area contributed by atoms with Crippen molar-refractivity contribution in [1.29, 1.82) is 0 Å². The van der Waals surface area contributed by atoms with E-state index in [0.29, 0.717) is 22.4 Å². The lowest BCUT2D eigenvalue weighted by atomic mass is 10.2. The molecule has 1 N–H and O–H groups in total. The Morgan fingerprint density at radius 3 is 2.95 bits per heavy atom. The standard InChI is InChI=1S/C13H10N4O5/c1-2-20-12(18)10-15-11-6-3-8-9(22-5-21-8)4-7(6)14-13(19)17(11)16-10/h3-4H,2,5H2,1H3,(H,14,19). The van der Waals surface area contributed by atoms with Gasteiger partial charge in [0.05, 0.1) is 12.1 Å². The minimum atomic E-state index is -0.681. The van der Waals surface area contributed by atoms with Crippen molar-refractivity contribution in [2.24, 2.45) is 0 Å². The molecule has 22 heavy (non-hydrogen) atoms. The van der Waals surface area contributed by atoms with Crippen molar-refractivity contribution in [1.82, 2.24) is 19.6 Å². The number of carbonyl (C=O) groups excluding carboxylic acids is 1. The fourth-order valence-corrected chi connectivity index (χ4v) is 2.31. The van der Waals surface area contributed by atoms with Crippen LogP contribution in [0.1, 0.15) is 17.5 Å². The molecule has 0 atom stereocenters. The number of ether oxygens (including phenoxy) is 3. The van der Waals surface area contributed by atoms with E-state index in [9.17, 15) is 9.59 Å². The number of aromatic amines is 1. The summed E-state index contributed by atoms with van der Waals surface area (Å²) < 4.78 is 16.5. The molecular formula is C13H10N4O5. The van der Waals surface area contributed by atoms with Crippen molar-refractivity contribution in [3.8, 4) is 11.5 Å². The zero-order valence-electron chi connectivity index (χ0n) is 11.5. The first kappa shape index (κ1) is 12.6. The zero-order valence-corrected chi connectivity index (χ0v) is 11.5. The van der Waals surface area contributed by atoms with Crippen molar-refractivity contribution in [2.75, 3.05) is 13.4 Å². The molecule has 0 bridgehead atoms. The molecule has 0 saturated carbocycles. The molecule has 0 aliphatic carbocycles. The van der Waals surface area contributed by atoms with Crippen molar-refractivity contribution in [3.63, 3.8) is 0 Å². The summed E-state index contributed by atoms with van der Waals surface area (Å²) in [5.74, 6) is 0.233. The second-order valence-corrected chi connectivity index (χ2v) is 4.57. The van der Waals surface area contributed by atoms with Crippen LogP contribution in [-0.2, 0) is 4.74 Å². The Kier molecular flexibility index (Phi) is 2.55. The Morgan fingerprint density at radius 2 is 2.18 bits per heavy atom. The number of esters is 1. The summed E-state index contributed by atoms with van der Waals surface area (Å²) in [4.78, 5) is 30.6. The van der Waals surface area contributed by atoms with Gasteiger partial charge in [-0.3, -0.25) is 0 Å². The highest BCUT2D eigenvalue weighted by Crippen LogP contribution is 2.35. The minimum Gasteiger partial charge on any atom is -0.460 e. The predicted octanol–water partition coefficient (Wildman–Crippen LogP) is 0.476. The fourth-order valence-electron chi connectivity index (χ4n) is 2.31. The molecule has 0 amide bonds. The molecule has 1 aromatic carbocycles. The van der Waals surface area contributed by atoms with E-state index in [0.717, 1.165) is 4.52 Å². The molecule has 0 spiro atoms. The number of aromatic nitrogens is 4. The van der Waals surface area contributed by atoms with Crippen LogP contribution in [0.25, 0.3) is 16.6 Å². The SMILES string of the molecule is CCOC(=O)c1nc2c3cc4c(cc3[nH]c(=O)n2n1)OCO4. The maximum atomic E-state index is 12.1. The normalized spacial score (nSPS) is 13.0. The van der Waals surface area contributed by atoms with E-state index in [1.807, 2.05) is 0 Å². The summed E-state index contributed by atoms with van der Waals surface area (Å²) in [6.07, 6.45) is 0. The average Bonchev–Trinajstić information content (AvgIpc) is 3.12. The van der Waals surface area contributed by atoms with Crippen molar-refractivity contribution in [2.45, 2.75) is 6.92 Å². The van der Waals surface area contributed by atoms with Gasteiger partial charge in [0.25, 0.3) is 5.82 Å². The first-order valence-electron chi connectivity index (χ1n) is 6.57. The van der Waals surface area contributed by atoms with Gasteiger partial charge < -0.3 is 19.2 Å². The van der Waals surface area contributed by atoms with E-state index in [-0.39, 0.29) is 24.9 Å². The van der Waals surface area contributed by atoms with Crippen molar-refractivity contribution < 1.29 is 19.0 Å². The number of hydrogen-bond acceptors (Lipinski definition) is 7. The van der Waals surface area contributed by atoms with Gasteiger partial charge in [-0.2, -0.15) is 4.52 Å². The molecule has 112 valence electrons. The summed E-state index contributed by atoms with van der Waals surface area (Å²) in [5, 5.41) is 4.48. The quantitative estimate of drug-likeness (QED) is 0.686. The molecule has 1 aliphatic heterocycles. The highest BCUT2D eigenvalue weighted by molar-refractivity contribution is 5.95. The van der Waals surface area contributed by atoms with Gasteiger partial charge in [-0.05, 0) is 13.0 Å². The molecule has 9 nitrogen and oxygen atoms in total. The molecule has 4 rings (SSSR count). The van der Waals surface area contributed by atoms with Crippen LogP contribution in [0.15, 0.2) is 16.9 Å². The van der Waals surface area contributed by atoms with Crippen LogP contribution in [0, 0.1) is 0 Å². The fraction of sp³-hybridized carbons (Fsp3) is 0.231. The molecule has 0 radical (unpaired) electrons. The van der Waals surface area contributed by atoms with E-state index >= 15 is 0 Å². The lowest BCUT2D eigenvalue weighted by Gasteiger charge is -2.01. The van der Waals surface area contributed by atoms with Gasteiger partial charge in [0.15, 0.2) is 17.1 Å². The molecule has 9 heteroatoms. The van der Waals surface area contributed by atoms with Crippen LogP contribution in [0.3, 0.4) is 0 Å². The van der Waals surface area contributed by atoms with Gasteiger partial charge in [-0.25, -0.2) is 14.6 Å². The monoisotopic (exact) mass is 302 g/mol. The number of hydrogen-bond donors (Lipinski definition) is 1. The first-order chi connectivity index (χ1) is 10.7. The molecule has 1 aliphatic rings. The summed E-state index contributed by atoms with van der Waals surface area (Å²) in [6.45, 7) is 1.99. The number of benzene rings is 1. The van der Waals surface area contributed by atoms with Crippen LogP contribution >= 0.6 is 0 Å². The third-order valence-corrected chi connectivity index (χ3v) is 3.25. The number of nitrogens with one attached hydrogen (secondary N) is 1. The topological polar surface area (TPSA) is 108 Å². The van der Waals surface area contributed by atoms with Gasteiger partial charge in [0.2, 0.25) is 6.79 Å². The Morgan fingerprint density at radius 1 is 1.41 bits per heavy atom. The second-order valence-electron chi connectivity index (χ2n) is 4.57. The maximum absolute atomic E-state index is 12.1. The van der Waals surface area contributed by atoms with E-state index in [4.69, 9.17) is 14.2 Å². The second kappa shape index (κ2) is 4.45. The first-order valence-corrected chi connectivity index (χ1v) is 6.57. The molecule has 3 heterocycles. The highest BCUT2D eigenvalue weighted by atomic mass is 16.7. The summed E-state index contributed by atoms with van der Waals surface area (Å²) in [7, 11) is 0. The lowest BCUT2D eigenvalue weighted by Crippen LogP contribution is -2.18. The summed E-state index contributed by atoms with van der Waals surface area (Å²) in [6, 6.07) is 3.34. The van der Waals surface area contributed by atoms with Crippen LogP contribution in [0.5, 0.6) is 11.5 Å². The van der Waals surface area contributed by atoms with E-state index < -0.39 is 11.7 Å². The van der Waals surface area contributed by atoms with E-state index in [1.54, 1.807) is 19.1 Å².